The van der Waals surface area contributed by atoms with Gasteiger partial charge in [0.1, 0.15) is 5.82 Å². The van der Waals surface area contributed by atoms with Crippen molar-refractivity contribution in [1.82, 2.24) is 9.88 Å². The summed E-state index contributed by atoms with van der Waals surface area (Å²) in [6.45, 7) is 5.58. The number of hydrogen-bond donors (Lipinski definition) is 1. The van der Waals surface area contributed by atoms with Crippen LogP contribution in [0.2, 0.25) is 0 Å². The van der Waals surface area contributed by atoms with Crippen LogP contribution in [0.5, 0.6) is 0 Å². The molecule has 1 aromatic heterocycles. The molecule has 0 saturated carbocycles. The molecule has 19 heavy (non-hydrogen) atoms. The van der Waals surface area contributed by atoms with E-state index in [-0.39, 0.29) is 12.6 Å². The van der Waals surface area contributed by atoms with E-state index in [0.29, 0.717) is 0 Å². The molecule has 1 heterocycles. The zero-order chi connectivity index (χ0) is 14.5. The molecule has 1 aromatic rings. The van der Waals surface area contributed by atoms with Crippen LogP contribution >= 0.6 is 0 Å². The number of pyridine rings is 1. The zero-order valence-electron chi connectivity index (χ0n) is 11.5. The average Bonchev–Trinajstić information content (AvgIpc) is 2.29. The van der Waals surface area contributed by atoms with Gasteiger partial charge in [0, 0.05) is 25.3 Å². The number of alkyl halides is 3. The van der Waals surface area contributed by atoms with Gasteiger partial charge in [-0.1, -0.05) is 6.07 Å². The fourth-order valence-electron chi connectivity index (χ4n) is 1.69. The number of rotatable bonds is 6. The summed E-state index contributed by atoms with van der Waals surface area (Å²) < 4.78 is 37.4. The quantitative estimate of drug-likeness (QED) is 0.863. The number of nitrogens with zero attached hydrogens (tertiary/aromatic N) is 2. The molecule has 1 rings (SSSR count). The average molecular weight is 275 g/mol. The lowest BCUT2D eigenvalue weighted by Gasteiger charge is -2.27. The number of halogens is 3. The van der Waals surface area contributed by atoms with E-state index in [1.807, 2.05) is 6.92 Å². The van der Waals surface area contributed by atoms with Crippen LogP contribution in [-0.4, -0.2) is 35.2 Å². The van der Waals surface area contributed by atoms with Crippen molar-refractivity contribution in [2.75, 3.05) is 18.4 Å². The van der Waals surface area contributed by atoms with E-state index in [9.17, 15) is 13.2 Å². The summed E-state index contributed by atoms with van der Waals surface area (Å²) in [6, 6.07) is 3.41. The maximum atomic E-state index is 12.5. The van der Waals surface area contributed by atoms with Crippen LogP contribution in [0.4, 0.5) is 19.0 Å². The first-order valence-corrected chi connectivity index (χ1v) is 6.31. The highest BCUT2D eigenvalue weighted by atomic mass is 19.4. The standard InChI is InChI=1S/C13H20F3N3/c1-4-17-12-6-5-11(7-18-12)8-19(10(2)3)9-13(14,15)16/h5-7,10H,4,8-9H2,1-3H3,(H,17,18). The minimum Gasteiger partial charge on any atom is -0.370 e. The molecule has 0 unspecified atom stereocenters. The molecule has 0 aromatic carbocycles. The molecule has 0 atom stereocenters. The van der Waals surface area contributed by atoms with Crippen LogP contribution in [0.25, 0.3) is 0 Å². The molecule has 0 radical (unpaired) electrons. The molecule has 3 nitrogen and oxygen atoms in total. The maximum Gasteiger partial charge on any atom is 0.401 e. The molecule has 6 heteroatoms. The highest BCUT2D eigenvalue weighted by molar-refractivity contribution is 5.35. The molecular formula is C13H20F3N3. The minimum atomic E-state index is -4.18. The lowest BCUT2D eigenvalue weighted by Crippen LogP contribution is -2.38. The summed E-state index contributed by atoms with van der Waals surface area (Å²) in [5, 5.41) is 3.04. The minimum absolute atomic E-state index is 0.171. The Hall–Kier alpha value is -1.30. The monoisotopic (exact) mass is 275 g/mol. The van der Waals surface area contributed by atoms with Crippen molar-refractivity contribution >= 4 is 5.82 Å². The lowest BCUT2D eigenvalue weighted by atomic mass is 10.2. The second kappa shape index (κ2) is 6.75. The van der Waals surface area contributed by atoms with Gasteiger partial charge in [0.25, 0.3) is 0 Å². The predicted molar refractivity (Wildman–Crippen MR) is 70.0 cm³/mol. The topological polar surface area (TPSA) is 28.2 Å². The summed E-state index contributed by atoms with van der Waals surface area (Å²) in [6.07, 6.45) is -2.56. The van der Waals surface area contributed by atoms with Crippen molar-refractivity contribution in [3.05, 3.63) is 23.9 Å². The molecule has 0 fully saturated rings. The second-order valence-corrected chi connectivity index (χ2v) is 4.70. The predicted octanol–water partition coefficient (Wildman–Crippen LogP) is 3.29. The molecule has 108 valence electrons. The third-order valence-corrected chi connectivity index (χ3v) is 2.68. The summed E-state index contributed by atoms with van der Waals surface area (Å²) in [7, 11) is 0. The Morgan fingerprint density at radius 2 is 2.00 bits per heavy atom. The molecule has 0 aliphatic carbocycles. The van der Waals surface area contributed by atoms with Crippen molar-refractivity contribution in [2.24, 2.45) is 0 Å². The first kappa shape index (κ1) is 15.8. The zero-order valence-corrected chi connectivity index (χ0v) is 11.5. The van der Waals surface area contributed by atoms with Gasteiger partial charge in [-0.3, -0.25) is 4.90 Å². The smallest absolute Gasteiger partial charge is 0.370 e. The number of aromatic nitrogens is 1. The van der Waals surface area contributed by atoms with Crippen molar-refractivity contribution in [3.63, 3.8) is 0 Å². The normalized spacial score (nSPS) is 12.2. The summed E-state index contributed by atoms with van der Waals surface area (Å²) in [5.41, 5.74) is 0.777. The first-order chi connectivity index (χ1) is 8.81. The van der Waals surface area contributed by atoms with Crippen molar-refractivity contribution in [1.29, 1.82) is 0 Å². The van der Waals surface area contributed by atoms with E-state index in [2.05, 4.69) is 10.3 Å². The summed E-state index contributed by atoms with van der Waals surface area (Å²) in [4.78, 5) is 5.54. The van der Waals surface area contributed by atoms with Crippen LogP contribution in [0.15, 0.2) is 18.3 Å². The molecule has 0 bridgehead atoms. The van der Waals surface area contributed by atoms with E-state index in [4.69, 9.17) is 0 Å². The van der Waals surface area contributed by atoms with Gasteiger partial charge in [-0.15, -0.1) is 0 Å². The van der Waals surface area contributed by atoms with Crippen LogP contribution in [0, 0.1) is 0 Å². The fourth-order valence-corrected chi connectivity index (χ4v) is 1.69. The van der Waals surface area contributed by atoms with Gasteiger partial charge >= 0.3 is 6.18 Å². The van der Waals surface area contributed by atoms with Crippen molar-refractivity contribution in [2.45, 2.75) is 39.5 Å². The lowest BCUT2D eigenvalue weighted by molar-refractivity contribution is -0.150. The third-order valence-electron chi connectivity index (χ3n) is 2.68. The van der Waals surface area contributed by atoms with E-state index in [1.165, 1.54) is 4.90 Å². The Morgan fingerprint density at radius 1 is 1.32 bits per heavy atom. The Balaban J connectivity index is 2.68. The van der Waals surface area contributed by atoms with Gasteiger partial charge in [-0.25, -0.2) is 4.98 Å². The third kappa shape index (κ3) is 5.92. The molecular weight excluding hydrogens is 255 g/mol. The van der Waals surface area contributed by atoms with E-state index in [1.54, 1.807) is 32.2 Å². The highest BCUT2D eigenvalue weighted by Crippen LogP contribution is 2.20. The Kier molecular flexibility index (Phi) is 5.60. The SMILES string of the molecule is CCNc1ccc(CN(CC(F)(F)F)C(C)C)cn1. The van der Waals surface area contributed by atoms with Gasteiger partial charge in [-0.05, 0) is 32.4 Å². The van der Waals surface area contributed by atoms with Gasteiger partial charge in [0.05, 0.1) is 6.54 Å². The van der Waals surface area contributed by atoms with Crippen molar-refractivity contribution in [3.8, 4) is 0 Å². The Bertz CT molecular complexity index is 374. The van der Waals surface area contributed by atoms with Crippen LogP contribution in [0.1, 0.15) is 26.3 Å². The van der Waals surface area contributed by atoms with Gasteiger partial charge < -0.3 is 5.32 Å². The van der Waals surface area contributed by atoms with Gasteiger partial charge in [-0.2, -0.15) is 13.2 Å². The number of hydrogen-bond acceptors (Lipinski definition) is 3. The van der Waals surface area contributed by atoms with Gasteiger partial charge in [0.15, 0.2) is 0 Å². The van der Waals surface area contributed by atoms with E-state index in [0.717, 1.165) is 17.9 Å². The largest absolute Gasteiger partial charge is 0.401 e. The highest BCUT2D eigenvalue weighted by Gasteiger charge is 2.31. The molecule has 0 aliphatic heterocycles. The van der Waals surface area contributed by atoms with Crippen LogP contribution < -0.4 is 5.32 Å². The molecule has 0 saturated heterocycles. The summed E-state index contributed by atoms with van der Waals surface area (Å²) >= 11 is 0. The summed E-state index contributed by atoms with van der Waals surface area (Å²) in [5.74, 6) is 0.734. The second-order valence-electron chi connectivity index (χ2n) is 4.70. The number of anilines is 1. The Labute approximate surface area is 111 Å². The van der Waals surface area contributed by atoms with Gasteiger partial charge in [0.2, 0.25) is 0 Å². The molecule has 0 aliphatic rings. The molecule has 0 spiro atoms. The fraction of sp³-hybridized carbons (Fsp3) is 0.615. The molecule has 0 amide bonds. The first-order valence-electron chi connectivity index (χ1n) is 6.31. The van der Waals surface area contributed by atoms with Crippen molar-refractivity contribution < 1.29 is 13.2 Å². The number of nitrogens with one attached hydrogen (secondary N) is 1. The maximum absolute atomic E-state index is 12.5. The van der Waals surface area contributed by atoms with Crippen LogP contribution in [-0.2, 0) is 6.54 Å². The Morgan fingerprint density at radius 3 is 2.42 bits per heavy atom. The van der Waals surface area contributed by atoms with E-state index < -0.39 is 12.7 Å². The van der Waals surface area contributed by atoms with E-state index >= 15 is 0 Å². The molecule has 1 N–H and O–H groups in total. The van der Waals surface area contributed by atoms with Crippen LogP contribution in [0.3, 0.4) is 0 Å².